The number of nitrogens with one attached hydrogen (secondary N) is 1. The predicted octanol–water partition coefficient (Wildman–Crippen LogP) is 2.97. The molecule has 1 aromatic heterocycles. The molecule has 0 aliphatic heterocycles. The minimum Gasteiger partial charge on any atom is -0.481 e. The van der Waals surface area contributed by atoms with Crippen LogP contribution in [0.5, 0.6) is 0 Å². The van der Waals surface area contributed by atoms with Crippen LogP contribution in [-0.2, 0) is 9.59 Å². The summed E-state index contributed by atoms with van der Waals surface area (Å²) in [7, 11) is 0. The summed E-state index contributed by atoms with van der Waals surface area (Å²) < 4.78 is 0. The molecule has 1 heterocycles. The summed E-state index contributed by atoms with van der Waals surface area (Å²) in [5.74, 6) is -1.06. The number of hydrogen-bond donors (Lipinski definition) is 2. The Morgan fingerprint density at radius 2 is 2.15 bits per heavy atom. The highest BCUT2D eigenvalue weighted by atomic mass is 32.1. The number of aryl methyl sites for hydroxylation is 1. The van der Waals surface area contributed by atoms with Crippen molar-refractivity contribution in [2.24, 2.45) is 0 Å². The van der Waals surface area contributed by atoms with Gasteiger partial charge in [0.1, 0.15) is 0 Å². The maximum atomic E-state index is 12.0. The molecule has 1 aliphatic carbocycles. The van der Waals surface area contributed by atoms with Gasteiger partial charge in [0, 0.05) is 11.0 Å². The first-order valence-electron chi connectivity index (χ1n) is 6.77. The van der Waals surface area contributed by atoms with Gasteiger partial charge in [-0.1, -0.05) is 12.8 Å². The first-order chi connectivity index (χ1) is 9.51. The van der Waals surface area contributed by atoms with Crippen LogP contribution in [0.25, 0.3) is 6.08 Å². The molecule has 0 aromatic carbocycles. The van der Waals surface area contributed by atoms with E-state index in [1.165, 1.54) is 6.08 Å². The Bertz CT molecular complexity index is 527. The van der Waals surface area contributed by atoms with E-state index >= 15 is 0 Å². The molecule has 0 saturated heterocycles. The van der Waals surface area contributed by atoms with Crippen molar-refractivity contribution >= 4 is 29.3 Å². The van der Waals surface area contributed by atoms with Crippen LogP contribution in [0.1, 0.15) is 42.5 Å². The number of carboxylic acid groups (broad SMARTS) is 1. The van der Waals surface area contributed by atoms with E-state index in [0.29, 0.717) is 0 Å². The van der Waals surface area contributed by atoms with Crippen LogP contribution in [0, 0.1) is 6.92 Å². The number of carbonyl (C=O) groups excluding carboxylic acids is 1. The molecule has 0 spiro atoms. The molecule has 2 rings (SSSR count). The molecule has 2 N–H and O–H groups in total. The Hall–Kier alpha value is -1.62. The van der Waals surface area contributed by atoms with E-state index in [1.54, 1.807) is 17.4 Å². The predicted molar refractivity (Wildman–Crippen MR) is 79.7 cm³/mol. The molecule has 0 radical (unpaired) electrons. The summed E-state index contributed by atoms with van der Waals surface area (Å²) in [5.41, 5.74) is 0.581. The van der Waals surface area contributed by atoms with E-state index < -0.39 is 11.5 Å². The standard InChI is InChI=1S/C15H19NO3S/c1-11-6-9-20-12(11)4-5-13(17)16-15(10-14(18)19)7-2-3-8-15/h4-6,9H,2-3,7-8,10H2,1H3,(H,16,17)(H,18,19). The normalized spacial score (nSPS) is 17.4. The van der Waals surface area contributed by atoms with Gasteiger partial charge >= 0.3 is 5.97 Å². The molecule has 0 unspecified atom stereocenters. The second-order valence-electron chi connectivity index (χ2n) is 5.35. The van der Waals surface area contributed by atoms with Gasteiger partial charge in [-0.2, -0.15) is 0 Å². The molecule has 20 heavy (non-hydrogen) atoms. The van der Waals surface area contributed by atoms with Crippen LogP contribution >= 0.6 is 11.3 Å². The van der Waals surface area contributed by atoms with E-state index in [4.69, 9.17) is 5.11 Å². The fourth-order valence-electron chi connectivity index (χ4n) is 2.70. The Balaban J connectivity index is 2.00. The summed E-state index contributed by atoms with van der Waals surface area (Å²) >= 11 is 1.58. The third-order valence-corrected chi connectivity index (χ3v) is 4.71. The summed E-state index contributed by atoms with van der Waals surface area (Å²) in [4.78, 5) is 24.0. The highest BCUT2D eigenvalue weighted by Crippen LogP contribution is 2.32. The van der Waals surface area contributed by atoms with E-state index in [9.17, 15) is 9.59 Å². The number of carboxylic acids is 1. The number of hydrogen-bond acceptors (Lipinski definition) is 3. The SMILES string of the molecule is Cc1ccsc1C=CC(=O)NC1(CC(=O)O)CCCC1. The molecule has 4 nitrogen and oxygen atoms in total. The summed E-state index contributed by atoms with van der Waals surface area (Å²) in [6.07, 6.45) is 6.74. The summed E-state index contributed by atoms with van der Waals surface area (Å²) in [6, 6.07) is 2.01. The number of rotatable bonds is 5. The van der Waals surface area contributed by atoms with Gasteiger partial charge in [-0.05, 0) is 42.9 Å². The minimum atomic E-state index is -0.856. The van der Waals surface area contributed by atoms with Crippen molar-refractivity contribution < 1.29 is 14.7 Å². The van der Waals surface area contributed by atoms with Gasteiger partial charge in [0.25, 0.3) is 0 Å². The third-order valence-electron chi connectivity index (χ3n) is 3.73. The molecular formula is C15H19NO3S. The lowest BCUT2D eigenvalue weighted by atomic mass is 9.93. The van der Waals surface area contributed by atoms with Crippen molar-refractivity contribution in [3.8, 4) is 0 Å². The molecule has 5 heteroatoms. The molecule has 1 fully saturated rings. The fraction of sp³-hybridized carbons (Fsp3) is 0.467. The molecular weight excluding hydrogens is 274 g/mol. The molecule has 1 amide bonds. The van der Waals surface area contributed by atoms with Crippen molar-refractivity contribution in [2.75, 3.05) is 0 Å². The Labute approximate surface area is 122 Å². The fourth-order valence-corrected chi connectivity index (χ4v) is 3.52. The number of aliphatic carboxylic acids is 1. The molecule has 0 bridgehead atoms. The topological polar surface area (TPSA) is 66.4 Å². The average molecular weight is 293 g/mol. The lowest BCUT2D eigenvalue weighted by Gasteiger charge is -2.27. The second kappa shape index (κ2) is 6.22. The first-order valence-corrected chi connectivity index (χ1v) is 7.65. The molecule has 0 atom stereocenters. The maximum Gasteiger partial charge on any atom is 0.305 e. The van der Waals surface area contributed by atoms with E-state index in [2.05, 4.69) is 5.32 Å². The minimum absolute atomic E-state index is 0.00457. The van der Waals surface area contributed by atoms with Gasteiger partial charge in [-0.15, -0.1) is 11.3 Å². The first kappa shape index (κ1) is 14.8. The van der Waals surface area contributed by atoms with Crippen molar-refractivity contribution in [1.29, 1.82) is 0 Å². The monoisotopic (exact) mass is 293 g/mol. The van der Waals surface area contributed by atoms with E-state index in [1.807, 2.05) is 18.4 Å². The molecule has 108 valence electrons. The van der Waals surface area contributed by atoms with Gasteiger partial charge in [0.15, 0.2) is 0 Å². The van der Waals surface area contributed by atoms with Gasteiger partial charge in [-0.25, -0.2) is 0 Å². The Morgan fingerprint density at radius 3 is 2.70 bits per heavy atom. The maximum absolute atomic E-state index is 12.0. The lowest BCUT2D eigenvalue weighted by Crippen LogP contribution is -2.47. The molecule has 1 aliphatic rings. The van der Waals surface area contributed by atoms with Crippen LogP contribution in [0.15, 0.2) is 17.5 Å². The van der Waals surface area contributed by atoms with Crippen molar-refractivity contribution in [3.05, 3.63) is 28.0 Å². The smallest absolute Gasteiger partial charge is 0.305 e. The van der Waals surface area contributed by atoms with Crippen molar-refractivity contribution in [2.45, 2.75) is 44.6 Å². The van der Waals surface area contributed by atoms with Gasteiger partial charge in [0.05, 0.1) is 12.0 Å². The summed E-state index contributed by atoms with van der Waals surface area (Å²) in [6.45, 7) is 2.00. The average Bonchev–Trinajstić information content (AvgIpc) is 2.96. The van der Waals surface area contributed by atoms with Gasteiger partial charge in [-0.3, -0.25) is 9.59 Å². The summed E-state index contributed by atoms with van der Waals surface area (Å²) in [5, 5.41) is 13.9. The van der Waals surface area contributed by atoms with Crippen LogP contribution in [0.2, 0.25) is 0 Å². The van der Waals surface area contributed by atoms with E-state index in [-0.39, 0.29) is 12.3 Å². The van der Waals surface area contributed by atoms with Crippen LogP contribution in [0.4, 0.5) is 0 Å². The number of thiophene rings is 1. The quantitative estimate of drug-likeness (QED) is 0.820. The number of amides is 1. The van der Waals surface area contributed by atoms with Crippen LogP contribution in [-0.4, -0.2) is 22.5 Å². The zero-order valence-electron chi connectivity index (χ0n) is 11.5. The highest BCUT2D eigenvalue weighted by molar-refractivity contribution is 7.11. The highest BCUT2D eigenvalue weighted by Gasteiger charge is 2.36. The molecule has 1 saturated carbocycles. The lowest BCUT2D eigenvalue weighted by molar-refractivity contribution is -0.139. The van der Waals surface area contributed by atoms with Crippen LogP contribution in [0.3, 0.4) is 0 Å². The third kappa shape index (κ3) is 3.70. The largest absolute Gasteiger partial charge is 0.481 e. The Kier molecular flexibility index (Phi) is 4.60. The van der Waals surface area contributed by atoms with Gasteiger partial charge < -0.3 is 10.4 Å². The zero-order chi connectivity index (χ0) is 14.6. The van der Waals surface area contributed by atoms with Crippen molar-refractivity contribution in [1.82, 2.24) is 5.32 Å². The van der Waals surface area contributed by atoms with E-state index in [0.717, 1.165) is 36.1 Å². The van der Waals surface area contributed by atoms with Crippen molar-refractivity contribution in [3.63, 3.8) is 0 Å². The Morgan fingerprint density at radius 1 is 1.45 bits per heavy atom. The molecule has 1 aromatic rings. The van der Waals surface area contributed by atoms with Gasteiger partial charge in [0.2, 0.25) is 5.91 Å². The number of carbonyl (C=O) groups is 2. The second-order valence-corrected chi connectivity index (χ2v) is 6.30. The zero-order valence-corrected chi connectivity index (χ0v) is 12.3. The van der Waals surface area contributed by atoms with Crippen LogP contribution < -0.4 is 5.32 Å².